The summed E-state index contributed by atoms with van der Waals surface area (Å²) in [7, 11) is 0. The molecular formula is C17H20N6O. The lowest BCUT2D eigenvalue weighted by Gasteiger charge is -2.11. The third-order valence-electron chi connectivity index (χ3n) is 3.58. The lowest BCUT2D eigenvalue weighted by Crippen LogP contribution is -2.05. The highest BCUT2D eigenvalue weighted by Crippen LogP contribution is 2.24. The van der Waals surface area contributed by atoms with Gasteiger partial charge in [-0.25, -0.2) is 0 Å². The van der Waals surface area contributed by atoms with Gasteiger partial charge in [0.05, 0.1) is 5.69 Å². The molecule has 0 aliphatic rings. The zero-order chi connectivity index (χ0) is 16.6. The Bertz CT molecular complexity index is 745. The van der Waals surface area contributed by atoms with Crippen LogP contribution in [0.25, 0.3) is 0 Å². The molecule has 0 aliphatic heterocycles. The summed E-state index contributed by atoms with van der Waals surface area (Å²) in [5.41, 5.74) is 9.05. The van der Waals surface area contributed by atoms with Gasteiger partial charge in [0.15, 0.2) is 0 Å². The van der Waals surface area contributed by atoms with Crippen molar-refractivity contribution in [1.29, 1.82) is 0 Å². The Morgan fingerprint density at radius 2 is 1.96 bits per heavy atom. The van der Waals surface area contributed by atoms with Crippen LogP contribution in [0.5, 0.6) is 5.75 Å². The van der Waals surface area contributed by atoms with Crippen molar-refractivity contribution in [2.24, 2.45) is 0 Å². The fraction of sp³-hybridized carbons (Fsp3) is 0.235. The second-order valence-electron chi connectivity index (χ2n) is 5.41. The Balaban J connectivity index is 1.47. The van der Waals surface area contributed by atoms with E-state index in [0.717, 1.165) is 24.9 Å². The number of aromatic amines is 1. The zero-order valence-corrected chi connectivity index (χ0v) is 13.3. The predicted octanol–water partition coefficient (Wildman–Crippen LogP) is 2.41. The highest BCUT2D eigenvalue weighted by molar-refractivity contribution is 5.54. The molecule has 4 N–H and O–H groups in total. The van der Waals surface area contributed by atoms with E-state index in [1.54, 1.807) is 0 Å². The number of tetrazole rings is 1. The summed E-state index contributed by atoms with van der Waals surface area (Å²) in [6.07, 6.45) is 1.85. The van der Waals surface area contributed by atoms with E-state index >= 15 is 0 Å². The van der Waals surface area contributed by atoms with Crippen LogP contribution in [0.3, 0.4) is 0 Å². The molecule has 0 unspecified atom stereocenters. The molecule has 3 rings (SSSR count). The summed E-state index contributed by atoms with van der Waals surface area (Å²) in [6, 6.07) is 16.0. The molecule has 1 aromatic heterocycles. The number of nitrogens with two attached hydrogens (primary N) is 1. The van der Waals surface area contributed by atoms with E-state index in [1.807, 2.05) is 48.5 Å². The van der Waals surface area contributed by atoms with Gasteiger partial charge in [-0.2, -0.15) is 5.21 Å². The van der Waals surface area contributed by atoms with Crippen LogP contribution in [0.4, 0.5) is 11.6 Å². The van der Waals surface area contributed by atoms with Crippen molar-refractivity contribution in [2.45, 2.75) is 19.4 Å². The highest BCUT2D eigenvalue weighted by Gasteiger charge is 2.03. The molecule has 0 radical (unpaired) electrons. The number of ether oxygens (including phenoxy) is 1. The van der Waals surface area contributed by atoms with E-state index < -0.39 is 0 Å². The molecule has 0 spiro atoms. The standard InChI is InChI=1S/C17H20N6O/c18-15-11-13(7-4-10-19-17-20-22-23-21-17)8-9-16(15)24-12-14-5-2-1-3-6-14/h1-3,5-6,8-9,11H,4,7,10,12,18H2,(H2,19,20,21,22,23). The molecule has 0 fully saturated rings. The number of hydrogen-bond acceptors (Lipinski definition) is 6. The fourth-order valence-electron chi connectivity index (χ4n) is 2.35. The molecule has 7 heteroatoms. The predicted molar refractivity (Wildman–Crippen MR) is 92.6 cm³/mol. The lowest BCUT2D eigenvalue weighted by molar-refractivity contribution is 0.308. The number of nitrogen functional groups attached to an aromatic ring is 1. The van der Waals surface area contributed by atoms with E-state index in [0.29, 0.717) is 24.0 Å². The van der Waals surface area contributed by atoms with E-state index in [4.69, 9.17) is 10.5 Å². The van der Waals surface area contributed by atoms with Gasteiger partial charge in [0.2, 0.25) is 0 Å². The van der Waals surface area contributed by atoms with Crippen molar-refractivity contribution in [3.63, 3.8) is 0 Å². The van der Waals surface area contributed by atoms with Crippen molar-refractivity contribution < 1.29 is 4.74 Å². The monoisotopic (exact) mass is 324 g/mol. The summed E-state index contributed by atoms with van der Waals surface area (Å²) in [5.74, 6) is 1.23. The van der Waals surface area contributed by atoms with Crippen molar-refractivity contribution in [3.8, 4) is 5.75 Å². The largest absolute Gasteiger partial charge is 0.487 e. The Morgan fingerprint density at radius 3 is 2.71 bits per heavy atom. The number of aryl methyl sites for hydroxylation is 1. The number of H-pyrrole nitrogens is 1. The molecule has 0 atom stereocenters. The Morgan fingerprint density at radius 1 is 1.08 bits per heavy atom. The maximum Gasteiger partial charge on any atom is 0.263 e. The fourth-order valence-corrected chi connectivity index (χ4v) is 2.35. The minimum absolute atomic E-state index is 0.513. The van der Waals surface area contributed by atoms with Gasteiger partial charge in [0.25, 0.3) is 5.95 Å². The number of benzene rings is 2. The summed E-state index contributed by atoms with van der Waals surface area (Å²) in [5, 5.41) is 16.7. The van der Waals surface area contributed by atoms with Gasteiger partial charge in [-0.15, -0.1) is 5.10 Å². The lowest BCUT2D eigenvalue weighted by atomic mass is 10.1. The molecular weight excluding hydrogens is 304 g/mol. The average molecular weight is 324 g/mol. The average Bonchev–Trinajstić information content (AvgIpc) is 3.12. The first-order valence-corrected chi connectivity index (χ1v) is 7.84. The Hall–Kier alpha value is -3.09. The van der Waals surface area contributed by atoms with Crippen LogP contribution >= 0.6 is 0 Å². The summed E-state index contributed by atoms with van der Waals surface area (Å²) >= 11 is 0. The van der Waals surface area contributed by atoms with E-state index in [9.17, 15) is 0 Å². The smallest absolute Gasteiger partial charge is 0.263 e. The van der Waals surface area contributed by atoms with Gasteiger partial charge in [0, 0.05) is 6.54 Å². The number of anilines is 2. The number of aromatic nitrogens is 4. The van der Waals surface area contributed by atoms with Gasteiger partial charge in [0.1, 0.15) is 12.4 Å². The molecule has 0 saturated carbocycles. The third-order valence-corrected chi connectivity index (χ3v) is 3.58. The first kappa shape index (κ1) is 15.8. The van der Waals surface area contributed by atoms with Crippen molar-refractivity contribution >= 4 is 11.6 Å². The molecule has 0 bridgehead atoms. The molecule has 7 nitrogen and oxygen atoms in total. The van der Waals surface area contributed by atoms with Crippen LogP contribution in [0.2, 0.25) is 0 Å². The van der Waals surface area contributed by atoms with Crippen molar-refractivity contribution in [3.05, 3.63) is 59.7 Å². The summed E-state index contributed by atoms with van der Waals surface area (Å²) in [6.45, 7) is 1.28. The van der Waals surface area contributed by atoms with Crippen molar-refractivity contribution in [2.75, 3.05) is 17.6 Å². The van der Waals surface area contributed by atoms with E-state index in [1.165, 1.54) is 5.56 Å². The second-order valence-corrected chi connectivity index (χ2v) is 5.41. The summed E-state index contributed by atoms with van der Waals surface area (Å²) < 4.78 is 5.79. The minimum Gasteiger partial charge on any atom is -0.487 e. The van der Waals surface area contributed by atoms with Crippen LogP contribution in [0, 0.1) is 0 Å². The summed E-state index contributed by atoms with van der Waals surface area (Å²) in [4.78, 5) is 0. The minimum atomic E-state index is 0.513. The number of hydrogen-bond donors (Lipinski definition) is 3. The first-order valence-electron chi connectivity index (χ1n) is 7.84. The number of nitrogens with zero attached hydrogens (tertiary/aromatic N) is 3. The molecule has 2 aromatic carbocycles. The molecule has 0 amide bonds. The maximum absolute atomic E-state index is 6.09. The van der Waals surface area contributed by atoms with E-state index in [2.05, 4.69) is 25.9 Å². The maximum atomic E-state index is 6.09. The molecule has 1 heterocycles. The van der Waals surface area contributed by atoms with E-state index in [-0.39, 0.29) is 0 Å². The second kappa shape index (κ2) is 7.96. The number of nitrogens with one attached hydrogen (secondary N) is 2. The molecule has 3 aromatic rings. The first-order chi connectivity index (χ1) is 11.8. The normalized spacial score (nSPS) is 10.5. The number of rotatable bonds is 8. The van der Waals surface area contributed by atoms with Gasteiger partial charge in [-0.05, 0) is 41.3 Å². The van der Waals surface area contributed by atoms with Crippen LogP contribution in [-0.2, 0) is 13.0 Å². The molecule has 24 heavy (non-hydrogen) atoms. The molecule has 0 aliphatic carbocycles. The van der Waals surface area contributed by atoms with Gasteiger partial charge in [-0.1, -0.05) is 41.5 Å². The van der Waals surface area contributed by atoms with Crippen LogP contribution < -0.4 is 15.8 Å². The highest BCUT2D eigenvalue weighted by atomic mass is 16.5. The third kappa shape index (κ3) is 4.45. The zero-order valence-electron chi connectivity index (χ0n) is 13.3. The van der Waals surface area contributed by atoms with Crippen LogP contribution in [0.15, 0.2) is 48.5 Å². The SMILES string of the molecule is Nc1cc(CCCNc2nn[nH]n2)ccc1OCc1ccccc1. The van der Waals surface area contributed by atoms with Gasteiger partial charge < -0.3 is 15.8 Å². The topological polar surface area (TPSA) is 102 Å². The van der Waals surface area contributed by atoms with Crippen LogP contribution in [-0.4, -0.2) is 27.2 Å². The molecule has 124 valence electrons. The Labute approximate surface area is 140 Å². The quantitative estimate of drug-likeness (QED) is 0.434. The van der Waals surface area contributed by atoms with Crippen molar-refractivity contribution in [1.82, 2.24) is 20.6 Å². The van der Waals surface area contributed by atoms with Crippen LogP contribution in [0.1, 0.15) is 17.5 Å². The van der Waals surface area contributed by atoms with Gasteiger partial charge in [-0.3, -0.25) is 0 Å². The van der Waals surface area contributed by atoms with Gasteiger partial charge >= 0.3 is 0 Å². The molecule has 0 saturated heterocycles. The Kier molecular flexibility index (Phi) is 5.24.